The van der Waals surface area contributed by atoms with Crippen LogP contribution in [-0.2, 0) is 4.79 Å². The number of hydrogen-bond donors (Lipinski definition) is 4. The van der Waals surface area contributed by atoms with E-state index in [1.165, 1.54) is 0 Å². The van der Waals surface area contributed by atoms with Crippen LogP contribution >= 0.6 is 0 Å². The van der Waals surface area contributed by atoms with Crippen LogP contribution in [0.4, 0.5) is 0 Å². The molecule has 1 amide bonds. The summed E-state index contributed by atoms with van der Waals surface area (Å²) < 4.78 is 0. The fraction of sp³-hybridized carbons (Fsp3) is 0.857. The Kier molecular flexibility index (Phi) is 5.61. The van der Waals surface area contributed by atoms with Gasteiger partial charge in [-0.05, 0) is 6.42 Å². The number of primary amides is 1. The minimum atomic E-state index is -0.835. The zero-order valence-electron chi connectivity index (χ0n) is 7.16. The smallest absolute Gasteiger partial charge is 0.234 e. The summed E-state index contributed by atoms with van der Waals surface area (Å²) in [6.45, 7) is 1.67. The fourth-order valence-electron chi connectivity index (χ4n) is 0.789. The molecule has 0 radical (unpaired) electrons. The Bertz CT molecular complexity index is 141. The van der Waals surface area contributed by atoms with Crippen molar-refractivity contribution < 1.29 is 15.0 Å². The molecule has 12 heavy (non-hydrogen) atoms. The zero-order chi connectivity index (χ0) is 9.56. The second-order valence-corrected chi connectivity index (χ2v) is 2.61. The van der Waals surface area contributed by atoms with Gasteiger partial charge in [0.2, 0.25) is 5.91 Å². The lowest BCUT2D eigenvalue weighted by Gasteiger charge is -2.14. The number of carbonyl (C=O) groups excluding carboxylic acids is 1. The molecular formula is C7H16N2O3. The van der Waals surface area contributed by atoms with Crippen LogP contribution in [-0.4, -0.2) is 41.4 Å². The molecule has 0 aliphatic carbocycles. The molecule has 0 aromatic rings. The van der Waals surface area contributed by atoms with Gasteiger partial charge in [-0.2, -0.15) is 0 Å². The predicted octanol–water partition coefficient (Wildman–Crippen LogP) is -1.81. The van der Waals surface area contributed by atoms with Crippen LogP contribution in [0.5, 0.6) is 0 Å². The van der Waals surface area contributed by atoms with Gasteiger partial charge >= 0.3 is 0 Å². The van der Waals surface area contributed by atoms with Crippen LogP contribution in [0.3, 0.4) is 0 Å². The molecule has 0 saturated carbocycles. The molecule has 5 heteroatoms. The molecule has 2 unspecified atom stereocenters. The van der Waals surface area contributed by atoms with Crippen molar-refractivity contribution in [3.8, 4) is 0 Å². The van der Waals surface area contributed by atoms with Gasteiger partial charge in [0.1, 0.15) is 0 Å². The maximum atomic E-state index is 10.6. The highest BCUT2D eigenvalue weighted by molar-refractivity contribution is 5.79. The largest absolute Gasteiger partial charge is 0.394 e. The van der Waals surface area contributed by atoms with E-state index in [-0.39, 0.29) is 13.2 Å². The minimum Gasteiger partial charge on any atom is -0.394 e. The van der Waals surface area contributed by atoms with Crippen molar-refractivity contribution in [1.29, 1.82) is 0 Å². The third-order valence-corrected chi connectivity index (χ3v) is 1.56. The molecular weight excluding hydrogens is 160 g/mol. The lowest BCUT2D eigenvalue weighted by atomic mass is 10.2. The summed E-state index contributed by atoms with van der Waals surface area (Å²) in [6, 6.07) is -0.425. The van der Waals surface area contributed by atoms with E-state index < -0.39 is 18.1 Å². The molecule has 0 fully saturated rings. The van der Waals surface area contributed by atoms with Gasteiger partial charge in [-0.15, -0.1) is 0 Å². The molecule has 0 heterocycles. The van der Waals surface area contributed by atoms with Crippen molar-refractivity contribution in [1.82, 2.24) is 5.32 Å². The SMILES string of the molecule is CCC(NCC(O)CO)C(N)=O. The van der Waals surface area contributed by atoms with Crippen LogP contribution in [0.2, 0.25) is 0 Å². The summed E-state index contributed by atoms with van der Waals surface area (Å²) in [6.07, 6.45) is -0.258. The highest BCUT2D eigenvalue weighted by Crippen LogP contribution is 1.89. The quantitative estimate of drug-likeness (QED) is 0.383. The van der Waals surface area contributed by atoms with E-state index in [4.69, 9.17) is 15.9 Å². The average Bonchev–Trinajstić information content (AvgIpc) is 2.04. The van der Waals surface area contributed by atoms with Crippen molar-refractivity contribution in [3.63, 3.8) is 0 Å². The molecule has 0 saturated heterocycles. The van der Waals surface area contributed by atoms with Gasteiger partial charge in [-0.1, -0.05) is 6.92 Å². The Morgan fingerprint density at radius 1 is 1.67 bits per heavy atom. The normalized spacial score (nSPS) is 15.6. The van der Waals surface area contributed by atoms with Crippen LogP contribution in [0.1, 0.15) is 13.3 Å². The maximum absolute atomic E-state index is 10.6. The molecule has 5 nitrogen and oxygen atoms in total. The number of nitrogens with two attached hydrogens (primary N) is 1. The van der Waals surface area contributed by atoms with E-state index in [1.54, 1.807) is 0 Å². The van der Waals surface area contributed by atoms with E-state index >= 15 is 0 Å². The van der Waals surface area contributed by atoms with Crippen LogP contribution in [0, 0.1) is 0 Å². The first-order valence-corrected chi connectivity index (χ1v) is 3.93. The summed E-state index contributed by atoms with van der Waals surface area (Å²) in [7, 11) is 0. The molecule has 0 aromatic carbocycles. The van der Waals surface area contributed by atoms with Gasteiger partial charge in [0, 0.05) is 6.54 Å². The highest BCUT2D eigenvalue weighted by atomic mass is 16.3. The molecule has 0 aliphatic rings. The lowest BCUT2D eigenvalue weighted by molar-refractivity contribution is -0.120. The molecule has 0 aliphatic heterocycles. The van der Waals surface area contributed by atoms with Gasteiger partial charge in [0.25, 0.3) is 0 Å². The first kappa shape index (κ1) is 11.4. The lowest BCUT2D eigenvalue weighted by Crippen LogP contribution is -2.44. The first-order chi connectivity index (χ1) is 5.61. The van der Waals surface area contributed by atoms with Gasteiger partial charge in [0.15, 0.2) is 0 Å². The Balaban J connectivity index is 3.65. The number of aliphatic hydroxyl groups is 2. The van der Waals surface area contributed by atoms with E-state index in [2.05, 4.69) is 5.32 Å². The van der Waals surface area contributed by atoms with Crippen molar-refractivity contribution in [2.75, 3.05) is 13.2 Å². The molecule has 5 N–H and O–H groups in total. The standard InChI is InChI=1S/C7H16N2O3/c1-2-6(7(8)12)9-3-5(11)4-10/h5-6,9-11H,2-4H2,1H3,(H2,8,12). The molecule has 0 spiro atoms. The summed E-state index contributed by atoms with van der Waals surface area (Å²) in [5, 5.41) is 20.1. The van der Waals surface area contributed by atoms with Gasteiger partial charge in [0.05, 0.1) is 18.8 Å². The number of rotatable bonds is 6. The first-order valence-electron chi connectivity index (χ1n) is 3.93. The molecule has 0 bridgehead atoms. The number of nitrogens with one attached hydrogen (secondary N) is 1. The van der Waals surface area contributed by atoms with E-state index in [9.17, 15) is 4.79 Å². The topological polar surface area (TPSA) is 95.6 Å². The Hall–Kier alpha value is -0.650. The maximum Gasteiger partial charge on any atom is 0.234 e. The summed E-state index contributed by atoms with van der Waals surface area (Å²) in [5.74, 6) is -0.442. The number of aliphatic hydroxyl groups excluding tert-OH is 2. The van der Waals surface area contributed by atoms with Crippen molar-refractivity contribution >= 4 is 5.91 Å². The average molecular weight is 176 g/mol. The van der Waals surface area contributed by atoms with Crippen LogP contribution < -0.4 is 11.1 Å². The van der Waals surface area contributed by atoms with Crippen LogP contribution in [0.15, 0.2) is 0 Å². The molecule has 0 rings (SSSR count). The second-order valence-electron chi connectivity index (χ2n) is 2.61. The van der Waals surface area contributed by atoms with Gasteiger partial charge in [-0.3, -0.25) is 4.79 Å². The Morgan fingerprint density at radius 3 is 2.58 bits per heavy atom. The van der Waals surface area contributed by atoms with E-state index in [0.29, 0.717) is 6.42 Å². The Labute approximate surface area is 71.6 Å². The number of amides is 1. The monoisotopic (exact) mass is 176 g/mol. The number of hydrogen-bond acceptors (Lipinski definition) is 4. The van der Waals surface area contributed by atoms with E-state index in [0.717, 1.165) is 0 Å². The summed E-state index contributed by atoms with van der Waals surface area (Å²) >= 11 is 0. The molecule has 0 aromatic heterocycles. The van der Waals surface area contributed by atoms with Gasteiger partial charge < -0.3 is 21.3 Å². The van der Waals surface area contributed by atoms with Crippen LogP contribution in [0.25, 0.3) is 0 Å². The molecule has 2 atom stereocenters. The second kappa shape index (κ2) is 5.93. The van der Waals surface area contributed by atoms with E-state index in [1.807, 2.05) is 6.92 Å². The minimum absolute atomic E-state index is 0.179. The van der Waals surface area contributed by atoms with Crippen molar-refractivity contribution in [3.05, 3.63) is 0 Å². The van der Waals surface area contributed by atoms with Crippen molar-refractivity contribution in [2.24, 2.45) is 5.73 Å². The Morgan fingerprint density at radius 2 is 2.25 bits per heavy atom. The highest BCUT2D eigenvalue weighted by Gasteiger charge is 2.12. The molecule has 72 valence electrons. The third kappa shape index (κ3) is 4.27. The third-order valence-electron chi connectivity index (χ3n) is 1.56. The summed E-state index contributed by atoms with van der Waals surface area (Å²) in [5.41, 5.74) is 5.03. The fourth-order valence-corrected chi connectivity index (χ4v) is 0.789. The number of carbonyl (C=O) groups is 1. The summed E-state index contributed by atoms with van der Waals surface area (Å²) in [4.78, 5) is 10.6. The predicted molar refractivity (Wildman–Crippen MR) is 44.4 cm³/mol. The van der Waals surface area contributed by atoms with Gasteiger partial charge in [-0.25, -0.2) is 0 Å². The zero-order valence-corrected chi connectivity index (χ0v) is 7.16. The van der Waals surface area contributed by atoms with Crippen molar-refractivity contribution in [2.45, 2.75) is 25.5 Å².